The molecule has 1 rings (SSSR count). The van der Waals surface area contributed by atoms with Gasteiger partial charge in [-0.25, -0.2) is 9.59 Å². The number of primary amides is 1. The van der Waals surface area contributed by atoms with E-state index in [-0.39, 0.29) is 10.5 Å². The number of hydrogen-bond acceptors (Lipinski definition) is 4. The maximum Gasteiger partial charge on any atom is 0.335 e. The molecule has 7 nitrogen and oxygen atoms in total. The lowest BCUT2D eigenvalue weighted by molar-refractivity contribution is -0.117. The van der Waals surface area contributed by atoms with Crippen molar-refractivity contribution in [1.82, 2.24) is 5.32 Å². The quantitative estimate of drug-likeness (QED) is 0.717. The Morgan fingerprint density at radius 3 is 2.53 bits per heavy atom. The Morgan fingerprint density at radius 2 is 2.00 bits per heavy atom. The molecule has 19 heavy (non-hydrogen) atoms. The van der Waals surface area contributed by atoms with E-state index in [9.17, 15) is 18.6 Å². The number of rotatable bonds is 4. The molecule has 1 aromatic carbocycles. The average molecular weight is 284 g/mol. The van der Waals surface area contributed by atoms with Crippen molar-refractivity contribution in [3.05, 3.63) is 29.3 Å². The number of aryl methyl sites for hydroxylation is 1. The van der Waals surface area contributed by atoms with Crippen molar-refractivity contribution < 1.29 is 23.7 Å². The molecule has 102 valence electrons. The van der Waals surface area contributed by atoms with Crippen LogP contribution >= 0.6 is 0 Å². The summed E-state index contributed by atoms with van der Waals surface area (Å²) in [5.41, 5.74) is 5.28. The normalized spacial score (nSPS) is 11.6. The van der Waals surface area contributed by atoms with Gasteiger partial charge in [0.05, 0.1) is 16.4 Å². The van der Waals surface area contributed by atoms with Crippen molar-refractivity contribution in [2.75, 3.05) is 5.75 Å². The first kappa shape index (κ1) is 14.8. The molecule has 3 amide bonds. The number of imide groups is 1. The number of urea groups is 1. The molecule has 0 aliphatic rings. The highest BCUT2D eigenvalue weighted by Crippen LogP contribution is 2.14. The van der Waals surface area contributed by atoms with Gasteiger partial charge < -0.3 is 10.8 Å². The highest BCUT2D eigenvalue weighted by atomic mass is 32.2. The van der Waals surface area contributed by atoms with Gasteiger partial charge in [-0.05, 0) is 24.6 Å². The maximum atomic E-state index is 11.8. The van der Waals surface area contributed by atoms with E-state index >= 15 is 0 Å². The minimum absolute atomic E-state index is 0.0150. The third-order valence-corrected chi connectivity index (χ3v) is 3.53. The summed E-state index contributed by atoms with van der Waals surface area (Å²) in [6.07, 6.45) is 0. The monoisotopic (exact) mass is 284 g/mol. The van der Waals surface area contributed by atoms with Crippen LogP contribution in [0.15, 0.2) is 23.1 Å². The van der Waals surface area contributed by atoms with Gasteiger partial charge in [0.25, 0.3) is 0 Å². The van der Waals surface area contributed by atoms with E-state index < -0.39 is 34.5 Å². The third kappa shape index (κ3) is 4.18. The summed E-state index contributed by atoms with van der Waals surface area (Å²) in [6, 6.07) is 3.18. The van der Waals surface area contributed by atoms with Crippen LogP contribution in [0.3, 0.4) is 0 Å². The molecule has 0 bridgehead atoms. The Hall–Kier alpha value is -2.22. The number of benzene rings is 1. The van der Waals surface area contributed by atoms with Crippen LogP contribution in [-0.4, -0.2) is 33.0 Å². The van der Waals surface area contributed by atoms with Gasteiger partial charge in [0, 0.05) is 4.90 Å². The standard InChI is InChI=1S/C11H12N2O5S/c1-6-2-3-7(4-8(6)10(15)16)19(18)5-9(14)13-11(12)17/h2-4H,5H2,1H3,(H,15,16)(H3,12,13,14,17). The van der Waals surface area contributed by atoms with E-state index in [1.807, 2.05) is 0 Å². The van der Waals surface area contributed by atoms with Crippen LogP contribution < -0.4 is 11.1 Å². The number of hydrogen-bond donors (Lipinski definition) is 3. The van der Waals surface area contributed by atoms with Crippen molar-refractivity contribution in [3.8, 4) is 0 Å². The molecule has 0 aliphatic carbocycles. The number of nitrogens with one attached hydrogen (secondary N) is 1. The van der Waals surface area contributed by atoms with Gasteiger partial charge in [0.1, 0.15) is 5.75 Å². The highest BCUT2D eigenvalue weighted by molar-refractivity contribution is 7.85. The number of nitrogens with two attached hydrogens (primary N) is 1. The Bertz CT molecular complexity index is 570. The second-order valence-corrected chi connectivity index (χ2v) is 5.14. The van der Waals surface area contributed by atoms with Gasteiger partial charge in [0.15, 0.2) is 0 Å². The lowest BCUT2D eigenvalue weighted by Gasteiger charge is -2.05. The first-order valence-corrected chi connectivity index (χ1v) is 6.44. The lowest BCUT2D eigenvalue weighted by atomic mass is 10.1. The van der Waals surface area contributed by atoms with Crippen LogP contribution in [0, 0.1) is 6.92 Å². The molecule has 8 heteroatoms. The Balaban J connectivity index is 2.89. The molecule has 4 N–H and O–H groups in total. The van der Waals surface area contributed by atoms with Crippen LogP contribution in [0.25, 0.3) is 0 Å². The molecule has 0 heterocycles. The van der Waals surface area contributed by atoms with Crippen LogP contribution in [-0.2, 0) is 15.6 Å². The van der Waals surface area contributed by atoms with Gasteiger partial charge in [-0.1, -0.05) is 6.07 Å². The van der Waals surface area contributed by atoms with E-state index in [0.29, 0.717) is 5.56 Å². The van der Waals surface area contributed by atoms with E-state index in [1.165, 1.54) is 18.2 Å². The number of carbonyl (C=O) groups is 3. The van der Waals surface area contributed by atoms with Crippen molar-refractivity contribution in [3.63, 3.8) is 0 Å². The Kier molecular flexibility index (Phi) is 4.76. The summed E-state index contributed by atoms with van der Waals surface area (Å²) in [4.78, 5) is 32.8. The fourth-order valence-electron chi connectivity index (χ4n) is 1.35. The molecule has 1 aromatic rings. The predicted octanol–water partition coefficient (Wildman–Crippen LogP) is -0.00428. The molecule has 0 aliphatic heterocycles. The minimum atomic E-state index is -1.75. The topological polar surface area (TPSA) is 127 Å². The molecule has 0 aromatic heterocycles. The third-order valence-electron chi connectivity index (χ3n) is 2.23. The number of amides is 3. The zero-order valence-electron chi connectivity index (χ0n) is 10.0. The number of carboxylic acids is 1. The first-order valence-electron chi connectivity index (χ1n) is 5.13. The van der Waals surface area contributed by atoms with Crippen molar-refractivity contribution in [2.24, 2.45) is 5.73 Å². The van der Waals surface area contributed by atoms with Gasteiger partial charge in [-0.3, -0.25) is 14.3 Å². The summed E-state index contributed by atoms with van der Waals surface area (Å²) in [7, 11) is -1.75. The van der Waals surface area contributed by atoms with Crippen molar-refractivity contribution in [1.29, 1.82) is 0 Å². The van der Waals surface area contributed by atoms with E-state index in [4.69, 9.17) is 10.8 Å². The number of carbonyl (C=O) groups excluding carboxylic acids is 2. The van der Waals surface area contributed by atoms with Crippen LogP contribution in [0.5, 0.6) is 0 Å². The first-order chi connectivity index (χ1) is 8.81. The van der Waals surface area contributed by atoms with Crippen molar-refractivity contribution in [2.45, 2.75) is 11.8 Å². The van der Waals surface area contributed by atoms with Crippen LogP contribution in [0.2, 0.25) is 0 Å². The molecule has 0 saturated heterocycles. The molecule has 0 radical (unpaired) electrons. The SMILES string of the molecule is Cc1ccc(S(=O)CC(=O)NC(N)=O)cc1C(=O)O. The minimum Gasteiger partial charge on any atom is -0.478 e. The van der Waals surface area contributed by atoms with E-state index in [2.05, 4.69) is 0 Å². The number of carboxylic acid groups (broad SMARTS) is 1. The molecular formula is C11H12N2O5S. The summed E-state index contributed by atoms with van der Waals surface area (Å²) >= 11 is 0. The van der Waals surface area contributed by atoms with Gasteiger partial charge in [0.2, 0.25) is 5.91 Å². The predicted molar refractivity (Wildman–Crippen MR) is 67.1 cm³/mol. The van der Waals surface area contributed by atoms with Crippen LogP contribution in [0.4, 0.5) is 4.79 Å². The summed E-state index contributed by atoms with van der Waals surface area (Å²) in [6.45, 7) is 1.61. The molecule has 1 atom stereocenters. The average Bonchev–Trinajstić information content (AvgIpc) is 2.27. The smallest absolute Gasteiger partial charge is 0.335 e. The molecule has 0 saturated carbocycles. The second-order valence-electron chi connectivity index (χ2n) is 3.68. The van der Waals surface area contributed by atoms with Gasteiger partial charge in [-0.2, -0.15) is 0 Å². The fraction of sp³-hybridized carbons (Fsp3) is 0.182. The summed E-state index contributed by atoms with van der Waals surface area (Å²) < 4.78 is 11.8. The molecule has 0 fully saturated rings. The molecular weight excluding hydrogens is 272 g/mol. The zero-order chi connectivity index (χ0) is 14.6. The van der Waals surface area contributed by atoms with Gasteiger partial charge >= 0.3 is 12.0 Å². The fourth-order valence-corrected chi connectivity index (χ4v) is 2.30. The Morgan fingerprint density at radius 1 is 1.37 bits per heavy atom. The number of aromatic carboxylic acids is 1. The molecule has 0 spiro atoms. The molecule has 1 unspecified atom stereocenters. The van der Waals surface area contributed by atoms with E-state index in [1.54, 1.807) is 12.2 Å². The van der Waals surface area contributed by atoms with E-state index in [0.717, 1.165) is 0 Å². The summed E-state index contributed by atoms with van der Waals surface area (Å²) in [5, 5.41) is 10.7. The maximum absolute atomic E-state index is 11.8. The highest BCUT2D eigenvalue weighted by Gasteiger charge is 2.14. The van der Waals surface area contributed by atoms with Gasteiger partial charge in [-0.15, -0.1) is 0 Å². The zero-order valence-corrected chi connectivity index (χ0v) is 10.8. The van der Waals surface area contributed by atoms with Crippen molar-refractivity contribution >= 4 is 28.7 Å². The van der Waals surface area contributed by atoms with Crippen LogP contribution in [0.1, 0.15) is 15.9 Å². The largest absolute Gasteiger partial charge is 0.478 e. The summed E-state index contributed by atoms with van der Waals surface area (Å²) in [5.74, 6) is -2.40. The Labute approximate surface area is 111 Å². The second kappa shape index (κ2) is 6.10. The lowest BCUT2D eigenvalue weighted by Crippen LogP contribution is -2.37.